The fraction of sp³-hybridized carbons (Fsp3) is 0.368. The number of aliphatic hydroxyl groups is 1. The minimum absolute atomic E-state index is 0.237. The van der Waals surface area contributed by atoms with Gasteiger partial charge in [-0.15, -0.1) is 0 Å². The van der Waals surface area contributed by atoms with Crippen molar-refractivity contribution < 1.29 is 9.90 Å². The lowest BCUT2D eigenvalue weighted by Gasteiger charge is -2.20. The number of hydrogen-bond acceptors (Lipinski definition) is 5. The van der Waals surface area contributed by atoms with E-state index in [2.05, 4.69) is 25.2 Å². The Balaban J connectivity index is 1.66. The van der Waals surface area contributed by atoms with Crippen LogP contribution >= 0.6 is 0 Å². The van der Waals surface area contributed by atoms with Crippen LogP contribution in [0.25, 0.3) is 11.1 Å². The van der Waals surface area contributed by atoms with Crippen molar-refractivity contribution in [1.82, 2.24) is 15.3 Å². The van der Waals surface area contributed by atoms with Crippen LogP contribution in [-0.4, -0.2) is 46.3 Å². The molecule has 9 nitrogen and oxygen atoms in total. The summed E-state index contributed by atoms with van der Waals surface area (Å²) in [6, 6.07) is 7.14. The zero-order chi connectivity index (χ0) is 19.9. The highest BCUT2D eigenvalue weighted by molar-refractivity contribution is 5.90. The van der Waals surface area contributed by atoms with Gasteiger partial charge >= 0.3 is 6.03 Å². The zero-order valence-corrected chi connectivity index (χ0v) is 15.6. The van der Waals surface area contributed by atoms with Gasteiger partial charge in [0.25, 0.3) is 0 Å². The van der Waals surface area contributed by atoms with Crippen molar-refractivity contribution in [3.63, 3.8) is 0 Å². The molecule has 1 saturated heterocycles. The average molecular weight is 383 g/mol. The summed E-state index contributed by atoms with van der Waals surface area (Å²) >= 11 is 0. The summed E-state index contributed by atoms with van der Waals surface area (Å²) in [5.74, 6) is 0.404. The molecule has 0 saturated carbocycles. The van der Waals surface area contributed by atoms with Gasteiger partial charge in [0.1, 0.15) is 0 Å². The summed E-state index contributed by atoms with van der Waals surface area (Å²) < 4.78 is 0. The number of anilines is 1. The molecule has 3 rings (SSSR count). The van der Waals surface area contributed by atoms with E-state index in [1.165, 1.54) is 0 Å². The maximum absolute atomic E-state index is 11.5. The van der Waals surface area contributed by atoms with Gasteiger partial charge in [0.2, 0.25) is 5.95 Å². The molecule has 1 aromatic heterocycles. The van der Waals surface area contributed by atoms with E-state index < -0.39 is 6.03 Å². The Morgan fingerprint density at radius 3 is 2.75 bits per heavy atom. The molecule has 0 radical (unpaired) electrons. The standard InChI is InChI=1S/C19H25N7O2/c20-17(21)25-19(28)24-10-13-3-1-4-14(9-13)15-11-22-18(23-12-15)26-7-2-5-16(27)6-8-26/h1,3-4,9,11-12,16,27H,2,5-8,10H2,(H5,20,21,24,25,28). The molecule has 1 atom stereocenters. The van der Waals surface area contributed by atoms with E-state index in [1.807, 2.05) is 24.3 Å². The number of nitrogens with zero attached hydrogens (tertiary/aromatic N) is 4. The number of hydrogen-bond donors (Lipinski definition) is 4. The number of carbonyl (C=O) groups is 1. The quantitative estimate of drug-likeness (QED) is 0.455. The average Bonchev–Trinajstić information content (AvgIpc) is 2.91. The van der Waals surface area contributed by atoms with Crippen molar-refractivity contribution in [2.24, 2.45) is 16.5 Å². The Morgan fingerprint density at radius 1 is 1.21 bits per heavy atom. The summed E-state index contributed by atoms with van der Waals surface area (Å²) in [5.41, 5.74) is 13.1. The predicted octanol–water partition coefficient (Wildman–Crippen LogP) is 0.978. The molecule has 1 unspecified atom stereocenters. The number of aliphatic imine (C=N–C) groups is 1. The minimum atomic E-state index is -0.583. The third-order valence-corrected chi connectivity index (χ3v) is 4.55. The van der Waals surface area contributed by atoms with Crippen LogP contribution in [0.3, 0.4) is 0 Å². The molecule has 1 aliphatic heterocycles. The Morgan fingerprint density at radius 2 is 2.00 bits per heavy atom. The molecule has 1 aromatic carbocycles. The van der Waals surface area contributed by atoms with Crippen LogP contribution in [0, 0.1) is 0 Å². The highest BCUT2D eigenvalue weighted by Gasteiger charge is 2.17. The number of guanidine groups is 1. The maximum Gasteiger partial charge on any atom is 0.344 e. The monoisotopic (exact) mass is 383 g/mol. The van der Waals surface area contributed by atoms with Crippen molar-refractivity contribution in [3.8, 4) is 11.1 Å². The lowest BCUT2D eigenvalue weighted by molar-refractivity contribution is 0.161. The van der Waals surface area contributed by atoms with Gasteiger partial charge in [-0.1, -0.05) is 18.2 Å². The van der Waals surface area contributed by atoms with E-state index >= 15 is 0 Å². The fourth-order valence-corrected chi connectivity index (χ4v) is 3.11. The smallest absolute Gasteiger partial charge is 0.344 e. The van der Waals surface area contributed by atoms with Crippen molar-refractivity contribution in [1.29, 1.82) is 0 Å². The largest absolute Gasteiger partial charge is 0.393 e. The zero-order valence-electron chi connectivity index (χ0n) is 15.6. The second-order valence-corrected chi connectivity index (χ2v) is 6.74. The minimum Gasteiger partial charge on any atom is -0.393 e. The Kier molecular flexibility index (Phi) is 6.38. The van der Waals surface area contributed by atoms with Gasteiger partial charge in [0.05, 0.1) is 6.10 Å². The van der Waals surface area contributed by atoms with Crippen LogP contribution in [0.5, 0.6) is 0 Å². The number of urea groups is 1. The highest BCUT2D eigenvalue weighted by atomic mass is 16.3. The summed E-state index contributed by atoms with van der Waals surface area (Å²) in [6.07, 6.45) is 5.83. The molecule has 1 aliphatic rings. The number of nitrogens with one attached hydrogen (secondary N) is 1. The summed E-state index contributed by atoms with van der Waals surface area (Å²) in [7, 11) is 0. The highest BCUT2D eigenvalue weighted by Crippen LogP contribution is 2.21. The van der Waals surface area contributed by atoms with Crippen LogP contribution < -0.4 is 21.7 Å². The number of aromatic nitrogens is 2. The molecular formula is C19H25N7O2. The van der Waals surface area contributed by atoms with Crippen LogP contribution in [-0.2, 0) is 6.54 Å². The Bertz CT molecular complexity index is 834. The SMILES string of the molecule is NC(N)=NC(=O)NCc1cccc(-c2cnc(N3CCCC(O)CC3)nc2)c1. The molecule has 0 aliphatic carbocycles. The molecule has 2 amide bonds. The van der Waals surface area contributed by atoms with Crippen molar-refractivity contribution in [2.45, 2.75) is 31.9 Å². The Hall–Kier alpha value is -3.20. The third kappa shape index (κ3) is 5.40. The van der Waals surface area contributed by atoms with Crippen LogP contribution in [0.1, 0.15) is 24.8 Å². The van der Waals surface area contributed by atoms with Gasteiger partial charge < -0.3 is 26.8 Å². The van der Waals surface area contributed by atoms with E-state index in [4.69, 9.17) is 11.5 Å². The second kappa shape index (κ2) is 9.14. The van der Waals surface area contributed by atoms with Crippen molar-refractivity contribution in [2.75, 3.05) is 18.0 Å². The van der Waals surface area contributed by atoms with Crippen LogP contribution in [0.15, 0.2) is 41.7 Å². The first-order valence-electron chi connectivity index (χ1n) is 9.23. The van der Waals surface area contributed by atoms with Crippen molar-refractivity contribution >= 4 is 17.9 Å². The number of carbonyl (C=O) groups excluding carboxylic acids is 1. The van der Waals surface area contributed by atoms with Crippen LogP contribution in [0.2, 0.25) is 0 Å². The number of amides is 2. The number of aliphatic hydroxyl groups excluding tert-OH is 1. The number of benzene rings is 1. The summed E-state index contributed by atoms with van der Waals surface area (Å²) in [6.45, 7) is 1.91. The van der Waals surface area contributed by atoms with E-state index in [0.29, 0.717) is 12.5 Å². The van der Waals surface area contributed by atoms with Gasteiger partial charge in [-0.25, -0.2) is 14.8 Å². The van der Waals surface area contributed by atoms with Gasteiger partial charge in [-0.05, 0) is 36.5 Å². The van der Waals surface area contributed by atoms with E-state index in [1.54, 1.807) is 12.4 Å². The molecule has 1 fully saturated rings. The molecular weight excluding hydrogens is 358 g/mol. The van der Waals surface area contributed by atoms with Gasteiger partial charge in [0, 0.05) is 37.6 Å². The molecule has 2 aromatic rings. The maximum atomic E-state index is 11.5. The molecule has 0 spiro atoms. The van der Waals surface area contributed by atoms with E-state index in [9.17, 15) is 9.90 Å². The fourth-order valence-electron chi connectivity index (χ4n) is 3.11. The molecule has 0 bridgehead atoms. The van der Waals surface area contributed by atoms with Gasteiger partial charge in [-0.2, -0.15) is 4.99 Å². The first-order chi connectivity index (χ1) is 13.5. The lowest BCUT2D eigenvalue weighted by atomic mass is 10.1. The molecule has 28 heavy (non-hydrogen) atoms. The predicted molar refractivity (Wildman–Crippen MR) is 108 cm³/mol. The normalized spacial score (nSPS) is 16.9. The molecule has 148 valence electrons. The summed E-state index contributed by atoms with van der Waals surface area (Å²) in [5, 5.41) is 12.4. The van der Waals surface area contributed by atoms with Crippen molar-refractivity contribution in [3.05, 3.63) is 42.2 Å². The summed E-state index contributed by atoms with van der Waals surface area (Å²) in [4.78, 5) is 26.0. The van der Waals surface area contributed by atoms with Crippen LogP contribution in [0.4, 0.5) is 10.7 Å². The van der Waals surface area contributed by atoms with E-state index in [0.717, 1.165) is 49.0 Å². The molecule has 6 N–H and O–H groups in total. The molecule has 2 heterocycles. The lowest BCUT2D eigenvalue weighted by Crippen LogP contribution is -2.28. The van der Waals surface area contributed by atoms with Gasteiger partial charge in [0.15, 0.2) is 5.96 Å². The first kappa shape index (κ1) is 19.6. The topological polar surface area (TPSA) is 143 Å². The molecule has 9 heteroatoms. The number of nitrogens with two attached hydrogens (primary N) is 2. The van der Waals surface area contributed by atoms with E-state index in [-0.39, 0.29) is 12.1 Å². The first-order valence-corrected chi connectivity index (χ1v) is 9.23. The number of rotatable bonds is 4. The second-order valence-electron chi connectivity index (χ2n) is 6.74. The van der Waals surface area contributed by atoms with Gasteiger partial charge in [-0.3, -0.25) is 0 Å². The Labute approximate surface area is 163 Å². The third-order valence-electron chi connectivity index (χ3n) is 4.55.